The molecule has 5 rings (SSSR count). The Morgan fingerprint density at radius 2 is 1.75 bits per heavy atom. The first-order chi connectivity index (χ1) is 16.9. The molecule has 2 aromatic carbocycles. The number of methoxy groups -OCH3 is 1. The molecule has 0 radical (unpaired) electrons. The molecule has 2 aliphatic rings. The van der Waals surface area contributed by atoms with Crippen molar-refractivity contribution in [2.24, 2.45) is 10.8 Å². The molecule has 1 aliphatic carbocycles. The largest absolute Gasteiger partial charge is 0.465 e. The maximum absolute atomic E-state index is 13.5. The van der Waals surface area contributed by atoms with E-state index in [4.69, 9.17) is 4.74 Å². The lowest BCUT2D eigenvalue weighted by Crippen LogP contribution is -2.37. The number of esters is 1. The molecule has 2 fully saturated rings. The van der Waals surface area contributed by atoms with Gasteiger partial charge in [-0.2, -0.15) is 4.31 Å². The van der Waals surface area contributed by atoms with Gasteiger partial charge in [0.25, 0.3) is 5.91 Å². The lowest BCUT2D eigenvalue weighted by Gasteiger charge is -2.39. The number of nitrogens with zero attached hydrogens (tertiary/aromatic N) is 1. The number of rotatable bonds is 5. The second kappa shape index (κ2) is 8.68. The van der Waals surface area contributed by atoms with E-state index in [-0.39, 0.29) is 21.8 Å². The SMILES string of the molecule is COC(=O)c1sc2ccccc2c1NC(=O)c1ccc(S(=O)(=O)N2C[C@]3(C)C[C@@H]2CC(C)(C)C3)cc1. The summed E-state index contributed by atoms with van der Waals surface area (Å²) >= 11 is 1.25. The summed E-state index contributed by atoms with van der Waals surface area (Å²) < 4.78 is 34.5. The number of anilines is 1. The van der Waals surface area contributed by atoms with Crippen LogP contribution in [0.2, 0.25) is 0 Å². The molecule has 2 atom stereocenters. The molecule has 1 saturated carbocycles. The average Bonchev–Trinajstić information content (AvgIpc) is 3.32. The summed E-state index contributed by atoms with van der Waals surface area (Å²) in [7, 11) is -2.38. The molecule has 9 heteroatoms. The van der Waals surface area contributed by atoms with Gasteiger partial charge in [0.15, 0.2) is 0 Å². The molecule has 7 nitrogen and oxygen atoms in total. The lowest BCUT2D eigenvalue weighted by atomic mass is 9.65. The molecule has 1 N–H and O–H groups in total. The third-order valence-corrected chi connectivity index (χ3v) is 10.4. The third-order valence-electron chi connectivity index (χ3n) is 7.29. The molecule has 0 spiro atoms. The molecule has 1 aliphatic heterocycles. The monoisotopic (exact) mass is 526 g/mol. The van der Waals surface area contributed by atoms with E-state index in [0.29, 0.717) is 22.7 Å². The van der Waals surface area contributed by atoms with E-state index in [0.717, 1.165) is 29.3 Å². The van der Waals surface area contributed by atoms with Gasteiger partial charge in [0.05, 0.1) is 17.7 Å². The first-order valence-electron chi connectivity index (χ1n) is 12.0. The van der Waals surface area contributed by atoms with Gasteiger partial charge in [-0.25, -0.2) is 13.2 Å². The highest BCUT2D eigenvalue weighted by Crippen LogP contribution is 2.53. The minimum absolute atomic E-state index is 0.00432. The van der Waals surface area contributed by atoms with Crippen molar-refractivity contribution in [3.05, 3.63) is 59.0 Å². The molecule has 1 saturated heterocycles. The van der Waals surface area contributed by atoms with E-state index in [1.54, 1.807) is 4.31 Å². The summed E-state index contributed by atoms with van der Waals surface area (Å²) in [5.74, 6) is -0.959. The molecule has 2 bridgehead atoms. The van der Waals surface area contributed by atoms with Crippen LogP contribution in [0.4, 0.5) is 5.69 Å². The second-order valence-corrected chi connectivity index (χ2v) is 14.0. The molecule has 1 amide bonds. The van der Waals surface area contributed by atoms with Crippen LogP contribution in [0.5, 0.6) is 0 Å². The highest BCUT2D eigenvalue weighted by Gasteiger charge is 2.53. The van der Waals surface area contributed by atoms with Crippen molar-refractivity contribution in [1.29, 1.82) is 0 Å². The molecule has 1 aromatic heterocycles. The van der Waals surface area contributed by atoms with Crippen LogP contribution < -0.4 is 5.32 Å². The number of thiophene rings is 1. The lowest BCUT2D eigenvalue weighted by molar-refractivity contribution is 0.0607. The maximum Gasteiger partial charge on any atom is 0.350 e. The third kappa shape index (κ3) is 4.33. The number of carbonyl (C=O) groups excluding carboxylic acids is 2. The number of ether oxygens (including phenoxy) is 1. The normalized spacial score (nSPS) is 23.5. The summed E-state index contributed by atoms with van der Waals surface area (Å²) in [6, 6.07) is 13.4. The van der Waals surface area contributed by atoms with Gasteiger partial charge in [-0.1, -0.05) is 39.0 Å². The Bertz CT molecular complexity index is 1460. The highest BCUT2D eigenvalue weighted by atomic mass is 32.2. The van der Waals surface area contributed by atoms with Crippen LogP contribution in [0.1, 0.15) is 60.1 Å². The van der Waals surface area contributed by atoms with Gasteiger partial charge < -0.3 is 10.1 Å². The van der Waals surface area contributed by atoms with E-state index >= 15 is 0 Å². The number of hydrogen-bond donors (Lipinski definition) is 1. The van der Waals surface area contributed by atoms with E-state index in [1.165, 1.54) is 42.7 Å². The molecule has 0 unspecified atom stereocenters. The van der Waals surface area contributed by atoms with Crippen molar-refractivity contribution >= 4 is 49.0 Å². The van der Waals surface area contributed by atoms with Crippen molar-refractivity contribution < 1.29 is 22.7 Å². The van der Waals surface area contributed by atoms with Gasteiger partial charge in [0.2, 0.25) is 10.0 Å². The summed E-state index contributed by atoms with van der Waals surface area (Å²) in [4.78, 5) is 25.9. The van der Waals surface area contributed by atoms with Gasteiger partial charge in [0.1, 0.15) is 4.88 Å². The number of carbonyl (C=O) groups is 2. The smallest absolute Gasteiger partial charge is 0.350 e. The maximum atomic E-state index is 13.5. The number of nitrogens with one attached hydrogen (secondary N) is 1. The zero-order valence-corrected chi connectivity index (χ0v) is 22.5. The highest BCUT2D eigenvalue weighted by molar-refractivity contribution is 7.89. The van der Waals surface area contributed by atoms with E-state index < -0.39 is 21.9 Å². The fourth-order valence-electron chi connectivity index (χ4n) is 6.19. The summed E-state index contributed by atoms with van der Waals surface area (Å²) in [5, 5.41) is 3.58. The van der Waals surface area contributed by atoms with Gasteiger partial charge in [0, 0.05) is 28.2 Å². The Morgan fingerprint density at radius 1 is 1.06 bits per heavy atom. The quantitative estimate of drug-likeness (QED) is 0.441. The first kappa shape index (κ1) is 24.9. The van der Waals surface area contributed by atoms with Gasteiger partial charge in [-0.05, 0) is 60.4 Å². The molecular weight excluding hydrogens is 496 g/mol. The Kier molecular flexibility index (Phi) is 6.01. The first-order valence-corrected chi connectivity index (χ1v) is 14.2. The number of benzene rings is 2. The Labute approximate surface area is 215 Å². The second-order valence-electron chi connectivity index (χ2n) is 11.0. The minimum atomic E-state index is -3.68. The van der Waals surface area contributed by atoms with Crippen LogP contribution in [-0.4, -0.2) is 44.3 Å². The van der Waals surface area contributed by atoms with Crippen LogP contribution in [0, 0.1) is 10.8 Å². The summed E-state index contributed by atoms with van der Waals surface area (Å²) in [6.45, 7) is 7.13. The van der Waals surface area contributed by atoms with Crippen molar-refractivity contribution in [3.63, 3.8) is 0 Å². The summed E-state index contributed by atoms with van der Waals surface area (Å²) in [6.07, 6.45) is 2.74. The topological polar surface area (TPSA) is 92.8 Å². The average molecular weight is 527 g/mol. The van der Waals surface area contributed by atoms with Crippen molar-refractivity contribution in [2.75, 3.05) is 19.0 Å². The predicted octanol–water partition coefficient (Wildman–Crippen LogP) is 5.53. The Hall–Kier alpha value is -2.75. The fraction of sp³-hybridized carbons (Fsp3) is 0.407. The number of amides is 1. The Morgan fingerprint density at radius 3 is 2.44 bits per heavy atom. The van der Waals surface area contributed by atoms with Gasteiger partial charge in [-0.3, -0.25) is 4.79 Å². The zero-order chi connectivity index (χ0) is 25.9. The zero-order valence-electron chi connectivity index (χ0n) is 20.8. The van der Waals surface area contributed by atoms with Crippen molar-refractivity contribution in [2.45, 2.75) is 51.0 Å². The molecule has 3 aromatic rings. The molecular formula is C27H30N2O5S2. The van der Waals surface area contributed by atoms with E-state index in [1.807, 2.05) is 24.3 Å². The summed E-state index contributed by atoms with van der Waals surface area (Å²) in [5.41, 5.74) is 0.788. The minimum Gasteiger partial charge on any atom is -0.465 e. The van der Waals surface area contributed by atoms with Crippen LogP contribution in [0.15, 0.2) is 53.4 Å². The molecule has 2 heterocycles. The van der Waals surface area contributed by atoms with Crippen LogP contribution >= 0.6 is 11.3 Å². The van der Waals surface area contributed by atoms with Crippen molar-refractivity contribution in [3.8, 4) is 0 Å². The van der Waals surface area contributed by atoms with Crippen LogP contribution in [-0.2, 0) is 14.8 Å². The van der Waals surface area contributed by atoms with E-state index in [9.17, 15) is 18.0 Å². The fourth-order valence-corrected chi connectivity index (χ4v) is 9.04. The van der Waals surface area contributed by atoms with E-state index in [2.05, 4.69) is 26.1 Å². The van der Waals surface area contributed by atoms with Crippen LogP contribution in [0.25, 0.3) is 10.1 Å². The number of fused-ring (bicyclic) bond motifs is 3. The predicted molar refractivity (Wildman–Crippen MR) is 141 cm³/mol. The van der Waals surface area contributed by atoms with Crippen molar-refractivity contribution in [1.82, 2.24) is 4.31 Å². The molecule has 190 valence electrons. The van der Waals surface area contributed by atoms with Crippen LogP contribution in [0.3, 0.4) is 0 Å². The van der Waals surface area contributed by atoms with Gasteiger partial charge in [-0.15, -0.1) is 11.3 Å². The number of sulfonamides is 1. The Balaban J connectivity index is 1.39. The molecule has 36 heavy (non-hydrogen) atoms. The number of hydrogen-bond acceptors (Lipinski definition) is 6. The van der Waals surface area contributed by atoms with Gasteiger partial charge >= 0.3 is 5.97 Å². The standard InChI is InChI=1S/C27H30N2O5S2/c1-26(2)13-18-14-27(3,15-26)16-29(18)36(32,33)19-11-9-17(10-12-19)24(30)28-22-20-7-5-6-8-21(20)35-23(22)25(31)34-4/h5-12,18H,13-16H2,1-4H3,(H,28,30)/t18-,27+/m0/s1.